The van der Waals surface area contributed by atoms with Crippen molar-refractivity contribution in [2.45, 2.75) is 24.8 Å². The van der Waals surface area contributed by atoms with Crippen molar-refractivity contribution >= 4 is 21.6 Å². The van der Waals surface area contributed by atoms with Crippen LogP contribution < -0.4 is 10.0 Å². The van der Waals surface area contributed by atoms with Crippen LogP contribution in [0, 0.1) is 0 Å². The Balaban J connectivity index is 1.69. The first-order chi connectivity index (χ1) is 12.8. The maximum absolute atomic E-state index is 12.4. The number of hydrogen-bond acceptors (Lipinski definition) is 5. The third-order valence-corrected chi connectivity index (χ3v) is 5.30. The highest BCUT2D eigenvalue weighted by Gasteiger charge is 2.15. The molecule has 3 aromatic rings. The van der Waals surface area contributed by atoms with E-state index in [1.54, 1.807) is 61.3 Å². The van der Waals surface area contributed by atoms with Gasteiger partial charge in [-0.25, -0.2) is 22.8 Å². The number of carbonyl (C=O) groups is 1. The SMILES string of the molecule is CC(C)NS(=O)(=O)c1ccc(NC(=O)c2ccc(-n3cncn3)cc2)cc1. The van der Waals surface area contributed by atoms with Crippen molar-refractivity contribution in [1.29, 1.82) is 0 Å². The molecule has 0 saturated heterocycles. The Kier molecular flexibility index (Phi) is 5.33. The summed E-state index contributed by atoms with van der Waals surface area (Å²) in [6.45, 7) is 3.50. The van der Waals surface area contributed by atoms with Gasteiger partial charge in [-0.3, -0.25) is 4.79 Å². The minimum absolute atomic E-state index is 0.145. The monoisotopic (exact) mass is 385 g/mol. The van der Waals surface area contributed by atoms with Gasteiger partial charge in [-0.05, 0) is 62.4 Å². The second-order valence-electron chi connectivity index (χ2n) is 6.14. The van der Waals surface area contributed by atoms with E-state index in [0.29, 0.717) is 11.3 Å². The minimum atomic E-state index is -3.56. The Labute approximate surface area is 157 Å². The van der Waals surface area contributed by atoms with Crippen LogP contribution >= 0.6 is 0 Å². The summed E-state index contributed by atoms with van der Waals surface area (Å²) >= 11 is 0. The van der Waals surface area contributed by atoms with Crippen LogP contribution in [0.4, 0.5) is 5.69 Å². The van der Waals surface area contributed by atoms with Crippen molar-refractivity contribution in [3.8, 4) is 5.69 Å². The zero-order valence-electron chi connectivity index (χ0n) is 14.8. The molecule has 0 fully saturated rings. The number of rotatable bonds is 6. The van der Waals surface area contributed by atoms with Crippen LogP contribution in [-0.4, -0.2) is 35.1 Å². The van der Waals surface area contributed by atoms with Crippen molar-refractivity contribution in [3.63, 3.8) is 0 Å². The Morgan fingerprint density at radius 3 is 2.26 bits per heavy atom. The highest BCUT2D eigenvalue weighted by molar-refractivity contribution is 7.89. The molecule has 0 aliphatic rings. The number of nitrogens with zero attached hydrogens (tertiary/aromatic N) is 3. The van der Waals surface area contributed by atoms with Gasteiger partial charge in [0.25, 0.3) is 5.91 Å². The molecule has 0 spiro atoms. The molecule has 1 aromatic heterocycles. The van der Waals surface area contributed by atoms with Gasteiger partial charge in [0.2, 0.25) is 10.0 Å². The highest BCUT2D eigenvalue weighted by Crippen LogP contribution is 2.16. The Bertz CT molecular complexity index is 1010. The molecule has 0 aliphatic carbocycles. The minimum Gasteiger partial charge on any atom is -0.322 e. The van der Waals surface area contributed by atoms with E-state index in [-0.39, 0.29) is 16.8 Å². The van der Waals surface area contributed by atoms with Gasteiger partial charge in [0.15, 0.2) is 0 Å². The summed E-state index contributed by atoms with van der Waals surface area (Å²) in [6, 6.07) is 12.7. The lowest BCUT2D eigenvalue weighted by Gasteiger charge is -2.10. The maximum Gasteiger partial charge on any atom is 0.255 e. The van der Waals surface area contributed by atoms with Crippen LogP contribution in [0.2, 0.25) is 0 Å². The van der Waals surface area contributed by atoms with Gasteiger partial charge in [0.05, 0.1) is 10.6 Å². The predicted molar refractivity (Wildman–Crippen MR) is 101 cm³/mol. The van der Waals surface area contributed by atoms with Crippen LogP contribution in [0.5, 0.6) is 0 Å². The first kappa shape index (κ1) is 18.7. The van der Waals surface area contributed by atoms with Crippen molar-refractivity contribution in [1.82, 2.24) is 19.5 Å². The summed E-state index contributed by atoms with van der Waals surface area (Å²) in [4.78, 5) is 16.4. The van der Waals surface area contributed by atoms with Crippen molar-refractivity contribution in [2.24, 2.45) is 0 Å². The molecule has 0 radical (unpaired) electrons. The summed E-state index contributed by atoms with van der Waals surface area (Å²) in [7, 11) is -3.56. The number of anilines is 1. The third-order valence-electron chi connectivity index (χ3n) is 3.63. The molecule has 8 nitrogen and oxygen atoms in total. The van der Waals surface area contributed by atoms with Gasteiger partial charge in [-0.1, -0.05) is 0 Å². The van der Waals surface area contributed by atoms with E-state index in [1.807, 2.05) is 0 Å². The summed E-state index contributed by atoms with van der Waals surface area (Å²) in [5, 5.41) is 6.77. The highest BCUT2D eigenvalue weighted by atomic mass is 32.2. The molecule has 2 aromatic carbocycles. The molecule has 2 N–H and O–H groups in total. The average molecular weight is 385 g/mol. The first-order valence-electron chi connectivity index (χ1n) is 8.24. The van der Waals surface area contributed by atoms with Gasteiger partial charge in [0, 0.05) is 17.3 Å². The van der Waals surface area contributed by atoms with E-state index in [1.165, 1.54) is 18.5 Å². The molecule has 0 bridgehead atoms. The fraction of sp³-hybridized carbons (Fsp3) is 0.167. The molecule has 0 atom stereocenters. The van der Waals surface area contributed by atoms with Crippen LogP contribution in [0.25, 0.3) is 5.69 Å². The van der Waals surface area contributed by atoms with Crippen LogP contribution in [0.1, 0.15) is 24.2 Å². The van der Waals surface area contributed by atoms with Crippen molar-refractivity contribution in [3.05, 3.63) is 66.7 Å². The van der Waals surface area contributed by atoms with E-state index >= 15 is 0 Å². The molecule has 0 saturated carbocycles. The van der Waals surface area contributed by atoms with Crippen LogP contribution in [0.3, 0.4) is 0 Å². The number of nitrogens with one attached hydrogen (secondary N) is 2. The zero-order valence-corrected chi connectivity index (χ0v) is 15.6. The fourth-order valence-electron chi connectivity index (χ4n) is 2.41. The standard InChI is InChI=1S/C18H19N5O3S/c1-13(2)22-27(25,26)17-9-5-15(6-10-17)21-18(24)14-3-7-16(8-4-14)23-12-19-11-20-23/h3-13,22H,1-2H3,(H,21,24). The van der Waals surface area contributed by atoms with E-state index in [2.05, 4.69) is 20.1 Å². The Hall–Kier alpha value is -3.04. The Morgan fingerprint density at radius 1 is 1.04 bits per heavy atom. The molecule has 0 aliphatic heterocycles. The number of carbonyl (C=O) groups excluding carboxylic acids is 1. The summed E-state index contributed by atoms with van der Waals surface area (Å²) < 4.78 is 28.3. The molecular weight excluding hydrogens is 366 g/mol. The molecule has 0 unspecified atom stereocenters. The molecule has 1 amide bonds. The first-order valence-corrected chi connectivity index (χ1v) is 9.72. The normalized spacial score (nSPS) is 11.5. The molecular formula is C18H19N5O3S. The quantitative estimate of drug-likeness (QED) is 0.677. The topological polar surface area (TPSA) is 106 Å². The van der Waals surface area contributed by atoms with Crippen molar-refractivity contribution < 1.29 is 13.2 Å². The van der Waals surface area contributed by atoms with E-state index < -0.39 is 10.0 Å². The van der Waals surface area contributed by atoms with Gasteiger partial charge in [-0.15, -0.1) is 0 Å². The van der Waals surface area contributed by atoms with Crippen molar-refractivity contribution in [2.75, 3.05) is 5.32 Å². The molecule has 3 rings (SSSR count). The lowest BCUT2D eigenvalue weighted by molar-refractivity contribution is 0.102. The van der Waals surface area contributed by atoms with E-state index in [9.17, 15) is 13.2 Å². The van der Waals surface area contributed by atoms with Gasteiger partial charge in [0.1, 0.15) is 12.7 Å². The smallest absolute Gasteiger partial charge is 0.255 e. The number of hydrogen-bond donors (Lipinski definition) is 2. The maximum atomic E-state index is 12.4. The third kappa shape index (κ3) is 4.57. The Morgan fingerprint density at radius 2 is 1.70 bits per heavy atom. The molecule has 140 valence electrons. The summed E-state index contributed by atoms with van der Waals surface area (Å²) in [5.74, 6) is -0.295. The number of sulfonamides is 1. The average Bonchev–Trinajstić information content (AvgIpc) is 3.16. The van der Waals surface area contributed by atoms with Crippen LogP contribution in [-0.2, 0) is 10.0 Å². The summed E-state index contributed by atoms with van der Waals surface area (Å²) in [6.07, 6.45) is 3.00. The second kappa shape index (κ2) is 7.68. The number of benzene rings is 2. The lowest BCUT2D eigenvalue weighted by Crippen LogP contribution is -2.30. The predicted octanol–water partition coefficient (Wildman–Crippen LogP) is 2.21. The molecule has 27 heavy (non-hydrogen) atoms. The molecule has 9 heteroatoms. The largest absolute Gasteiger partial charge is 0.322 e. The second-order valence-corrected chi connectivity index (χ2v) is 7.86. The summed E-state index contributed by atoms with van der Waals surface area (Å²) in [5.41, 5.74) is 1.76. The number of amides is 1. The molecule has 1 heterocycles. The van der Waals surface area contributed by atoms with Gasteiger partial charge in [-0.2, -0.15) is 5.10 Å². The van der Waals surface area contributed by atoms with E-state index in [4.69, 9.17) is 0 Å². The lowest BCUT2D eigenvalue weighted by atomic mass is 10.2. The van der Waals surface area contributed by atoms with Gasteiger partial charge < -0.3 is 5.32 Å². The zero-order chi connectivity index (χ0) is 19.4. The fourth-order valence-corrected chi connectivity index (χ4v) is 3.66. The van der Waals surface area contributed by atoms with Crippen LogP contribution in [0.15, 0.2) is 66.1 Å². The van der Waals surface area contributed by atoms with E-state index in [0.717, 1.165) is 5.69 Å². The number of aromatic nitrogens is 3. The van der Waals surface area contributed by atoms with Gasteiger partial charge >= 0.3 is 0 Å².